The molecule has 1 unspecified atom stereocenters. The van der Waals surface area contributed by atoms with Crippen LogP contribution in [0.3, 0.4) is 0 Å². The molecule has 1 N–H and O–H groups in total. The Hall–Kier alpha value is -1.91. The van der Waals surface area contributed by atoms with Crippen molar-refractivity contribution in [2.24, 2.45) is 5.92 Å². The molecule has 1 atom stereocenters. The van der Waals surface area contributed by atoms with E-state index in [1.54, 1.807) is 0 Å². The maximum Gasteiger partial charge on any atom is 0.229 e. The van der Waals surface area contributed by atoms with Crippen LogP contribution in [0.25, 0.3) is 0 Å². The SMILES string of the molecule is Cc1cc(C)c(NC(=O)C2CC(=O)N(C3CCCC3)C2)c(C)n1. The van der Waals surface area contributed by atoms with Gasteiger partial charge in [-0.15, -0.1) is 0 Å². The molecule has 2 aliphatic rings. The van der Waals surface area contributed by atoms with Gasteiger partial charge in [-0.05, 0) is 45.2 Å². The Morgan fingerprint density at radius 1 is 1.26 bits per heavy atom. The van der Waals surface area contributed by atoms with Gasteiger partial charge < -0.3 is 10.2 Å². The highest BCUT2D eigenvalue weighted by atomic mass is 16.2. The summed E-state index contributed by atoms with van der Waals surface area (Å²) in [4.78, 5) is 31.2. The van der Waals surface area contributed by atoms with Crippen LogP contribution < -0.4 is 5.32 Å². The fourth-order valence-electron chi connectivity index (χ4n) is 3.91. The first-order valence-corrected chi connectivity index (χ1v) is 8.51. The van der Waals surface area contributed by atoms with Crippen LogP contribution in [0.1, 0.15) is 49.1 Å². The van der Waals surface area contributed by atoms with Gasteiger partial charge in [-0.2, -0.15) is 0 Å². The van der Waals surface area contributed by atoms with Gasteiger partial charge in [-0.3, -0.25) is 14.6 Å². The number of nitrogens with zero attached hydrogens (tertiary/aromatic N) is 2. The lowest BCUT2D eigenvalue weighted by atomic mass is 10.1. The molecule has 5 heteroatoms. The Morgan fingerprint density at radius 2 is 1.96 bits per heavy atom. The van der Waals surface area contributed by atoms with E-state index in [4.69, 9.17) is 0 Å². The second-order valence-corrected chi connectivity index (χ2v) is 6.92. The number of nitrogens with one attached hydrogen (secondary N) is 1. The smallest absolute Gasteiger partial charge is 0.229 e. The van der Waals surface area contributed by atoms with E-state index in [2.05, 4.69) is 10.3 Å². The molecule has 1 aliphatic carbocycles. The van der Waals surface area contributed by atoms with E-state index >= 15 is 0 Å². The molecule has 23 heavy (non-hydrogen) atoms. The first-order chi connectivity index (χ1) is 11.0. The number of carbonyl (C=O) groups excluding carboxylic acids is 2. The summed E-state index contributed by atoms with van der Waals surface area (Å²) in [5.41, 5.74) is 3.57. The van der Waals surface area contributed by atoms with Crippen molar-refractivity contribution in [2.75, 3.05) is 11.9 Å². The van der Waals surface area contributed by atoms with Crippen molar-refractivity contribution < 1.29 is 9.59 Å². The van der Waals surface area contributed by atoms with E-state index in [0.717, 1.165) is 35.5 Å². The molecule has 1 saturated heterocycles. The predicted octanol–water partition coefficient (Wildman–Crippen LogP) is 2.74. The van der Waals surface area contributed by atoms with E-state index in [0.29, 0.717) is 19.0 Å². The minimum atomic E-state index is -0.247. The van der Waals surface area contributed by atoms with Crippen molar-refractivity contribution in [3.63, 3.8) is 0 Å². The highest BCUT2D eigenvalue weighted by Gasteiger charge is 2.38. The van der Waals surface area contributed by atoms with Crippen LogP contribution in [0.4, 0.5) is 5.69 Å². The van der Waals surface area contributed by atoms with Gasteiger partial charge in [-0.25, -0.2) is 0 Å². The zero-order valence-electron chi connectivity index (χ0n) is 14.2. The van der Waals surface area contributed by atoms with E-state index < -0.39 is 0 Å². The number of hydrogen-bond donors (Lipinski definition) is 1. The number of aromatic nitrogens is 1. The Labute approximate surface area is 137 Å². The van der Waals surface area contributed by atoms with E-state index in [9.17, 15) is 9.59 Å². The van der Waals surface area contributed by atoms with Gasteiger partial charge in [0.15, 0.2) is 0 Å². The number of anilines is 1. The number of amides is 2. The second-order valence-electron chi connectivity index (χ2n) is 6.92. The number of aryl methyl sites for hydroxylation is 3. The highest BCUT2D eigenvalue weighted by Crippen LogP contribution is 2.30. The maximum absolute atomic E-state index is 12.6. The lowest BCUT2D eigenvalue weighted by Gasteiger charge is -2.24. The molecular formula is C18H25N3O2. The summed E-state index contributed by atoms with van der Waals surface area (Å²) in [5, 5.41) is 3.00. The number of pyridine rings is 1. The zero-order valence-corrected chi connectivity index (χ0v) is 14.2. The molecule has 1 saturated carbocycles. The van der Waals surface area contributed by atoms with Crippen molar-refractivity contribution >= 4 is 17.5 Å². The lowest BCUT2D eigenvalue weighted by molar-refractivity contribution is -0.129. The third-order valence-electron chi connectivity index (χ3n) is 5.07. The first-order valence-electron chi connectivity index (χ1n) is 8.51. The van der Waals surface area contributed by atoms with Crippen LogP contribution in [0, 0.1) is 26.7 Å². The first kappa shape index (κ1) is 16.0. The Balaban J connectivity index is 1.69. The quantitative estimate of drug-likeness (QED) is 0.933. The molecular weight excluding hydrogens is 290 g/mol. The van der Waals surface area contributed by atoms with Crippen molar-refractivity contribution in [3.8, 4) is 0 Å². The monoisotopic (exact) mass is 315 g/mol. The van der Waals surface area contributed by atoms with Crippen molar-refractivity contribution in [2.45, 2.75) is 58.9 Å². The van der Waals surface area contributed by atoms with E-state index in [1.165, 1.54) is 12.8 Å². The van der Waals surface area contributed by atoms with Crippen molar-refractivity contribution in [3.05, 3.63) is 23.0 Å². The highest BCUT2D eigenvalue weighted by molar-refractivity contribution is 5.98. The number of carbonyl (C=O) groups is 2. The van der Waals surface area contributed by atoms with Crippen molar-refractivity contribution in [1.29, 1.82) is 0 Å². The summed E-state index contributed by atoms with van der Waals surface area (Å²) < 4.78 is 0. The van der Waals surface area contributed by atoms with Gasteiger partial charge in [0.25, 0.3) is 0 Å². The van der Waals surface area contributed by atoms with Gasteiger partial charge in [-0.1, -0.05) is 12.8 Å². The van der Waals surface area contributed by atoms with Crippen LogP contribution in [-0.4, -0.2) is 34.3 Å². The Bertz CT molecular complexity index is 612. The molecule has 0 spiro atoms. The molecule has 1 aliphatic heterocycles. The van der Waals surface area contributed by atoms with Gasteiger partial charge in [0.05, 0.1) is 17.3 Å². The molecule has 2 fully saturated rings. The van der Waals surface area contributed by atoms with Gasteiger partial charge in [0.1, 0.15) is 0 Å². The minimum Gasteiger partial charge on any atom is -0.339 e. The Kier molecular flexibility index (Phi) is 4.37. The fraction of sp³-hybridized carbons (Fsp3) is 0.611. The summed E-state index contributed by atoms with van der Waals surface area (Å²) in [6.45, 7) is 6.38. The topological polar surface area (TPSA) is 62.3 Å². The predicted molar refractivity (Wildman–Crippen MR) is 89.2 cm³/mol. The third-order valence-corrected chi connectivity index (χ3v) is 5.07. The van der Waals surface area contributed by atoms with Gasteiger partial charge in [0, 0.05) is 24.7 Å². The normalized spacial score (nSPS) is 22.0. The number of likely N-dealkylation sites (tertiary alicyclic amines) is 1. The molecule has 2 amide bonds. The molecule has 5 nitrogen and oxygen atoms in total. The third kappa shape index (κ3) is 3.23. The molecule has 0 aromatic carbocycles. The molecule has 0 bridgehead atoms. The molecule has 2 heterocycles. The Morgan fingerprint density at radius 3 is 2.61 bits per heavy atom. The van der Waals surface area contributed by atoms with Gasteiger partial charge >= 0.3 is 0 Å². The molecule has 1 aromatic rings. The second kappa shape index (κ2) is 6.30. The standard InChI is InChI=1S/C18H25N3O2/c1-11-8-12(2)19-13(3)17(11)20-18(23)14-9-16(22)21(10-14)15-6-4-5-7-15/h8,14-15H,4-7,9-10H2,1-3H3,(H,20,23). The van der Waals surface area contributed by atoms with Gasteiger partial charge in [0.2, 0.25) is 11.8 Å². The van der Waals surface area contributed by atoms with E-state index in [1.807, 2.05) is 31.7 Å². The average Bonchev–Trinajstić information content (AvgIpc) is 3.11. The maximum atomic E-state index is 12.6. The number of rotatable bonds is 3. The van der Waals surface area contributed by atoms with Crippen LogP contribution in [0.15, 0.2) is 6.07 Å². The van der Waals surface area contributed by atoms with Crippen LogP contribution in [0.5, 0.6) is 0 Å². The summed E-state index contributed by atoms with van der Waals surface area (Å²) in [5.74, 6) is -0.175. The van der Waals surface area contributed by atoms with Crippen LogP contribution >= 0.6 is 0 Å². The van der Waals surface area contributed by atoms with Crippen LogP contribution in [-0.2, 0) is 9.59 Å². The summed E-state index contributed by atoms with van der Waals surface area (Å²) in [6, 6.07) is 2.32. The molecule has 0 radical (unpaired) electrons. The minimum absolute atomic E-state index is 0.0595. The molecule has 3 rings (SSSR count). The van der Waals surface area contributed by atoms with E-state index in [-0.39, 0.29) is 17.7 Å². The lowest BCUT2D eigenvalue weighted by Crippen LogP contribution is -2.35. The number of hydrogen-bond acceptors (Lipinski definition) is 3. The molecule has 124 valence electrons. The largest absolute Gasteiger partial charge is 0.339 e. The summed E-state index contributed by atoms with van der Waals surface area (Å²) in [6.07, 6.45) is 4.89. The average molecular weight is 315 g/mol. The summed E-state index contributed by atoms with van der Waals surface area (Å²) in [7, 11) is 0. The summed E-state index contributed by atoms with van der Waals surface area (Å²) >= 11 is 0. The van der Waals surface area contributed by atoms with Crippen LogP contribution in [0.2, 0.25) is 0 Å². The molecule has 1 aromatic heterocycles. The zero-order chi connectivity index (χ0) is 16.6. The van der Waals surface area contributed by atoms with Crippen molar-refractivity contribution in [1.82, 2.24) is 9.88 Å². The fourth-order valence-corrected chi connectivity index (χ4v) is 3.91.